The van der Waals surface area contributed by atoms with Crippen LogP contribution in [0.2, 0.25) is 0 Å². The molecule has 0 aliphatic carbocycles. The highest BCUT2D eigenvalue weighted by Gasteiger charge is 2.56. The standard InChI is InChI=1S/C20H25N3O4S2/c1-6-8-16-17(19(25)27-7-2)28-20(22(16)4)23(21-18(29-20)13(3)24)14-9-11-15(26-5)12-10-14/h9-12H,6-8H2,1-5H3/t20-/m1/s1. The van der Waals surface area contributed by atoms with Crippen molar-refractivity contribution in [2.45, 2.75) is 37.9 Å². The Kier molecular flexibility index (Phi) is 6.48. The van der Waals surface area contributed by atoms with Crippen molar-refractivity contribution in [1.29, 1.82) is 0 Å². The molecule has 9 heteroatoms. The zero-order chi connectivity index (χ0) is 21.2. The number of ketones is 1. The molecule has 0 fully saturated rings. The highest BCUT2D eigenvalue weighted by molar-refractivity contribution is 8.28. The van der Waals surface area contributed by atoms with E-state index >= 15 is 0 Å². The first-order chi connectivity index (χ1) is 13.9. The van der Waals surface area contributed by atoms with Crippen molar-refractivity contribution in [3.8, 4) is 5.75 Å². The lowest BCUT2D eigenvalue weighted by molar-refractivity contribution is -0.137. The number of rotatable bonds is 7. The van der Waals surface area contributed by atoms with Gasteiger partial charge in [0, 0.05) is 19.7 Å². The maximum atomic E-state index is 12.7. The lowest BCUT2D eigenvalue weighted by atomic mass is 10.2. The summed E-state index contributed by atoms with van der Waals surface area (Å²) in [4.78, 5) is 27.5. The van der Waals surface area contributed by atoms with Crippen LogP contribution in [0.1, 0.15) is 33.6 Å². The number of benzene rings is 1. The SMILES string of the molecule is CCCC1=C(C(=O)OCC)S[C@@]2(SC(C(C)=O)=NN2c2ccc(OC)cc2)N1C. The van der Waals surface area contributed by atoms with Gasteiger partial charge in [0.1, 0.15) is 10.7 Å². The summed E-state index contributed by atoms with van der Waals surface area (Å²) in [6.45, 7) is 5.68. The minimum atomic E-state index is -0.803. The van der Waals surface area contributed by atoms with Crippen LogP contribution in [-0.2, 0) is 14.3 Å². The molecule has 0 bridgehead atoms. The minimum Gasteiger partial charge on any atom is -0.497 e. The minimum absolute atomic E-state index is 0.110. The Bertz CT molecular complexity index is 869. The predicted octanol–water partition coefficient (Wildman–Crippen LogP) is 4.02. The summed E-state index contributed by atoms with van der Waals surface area (Å²) in [5.41, 5.74) is 1.71. The second-order valence-corrected chi connectivity index (χ2v) is 9.13. The molecule has 2 aliphatic rings. The summed E-state index contributed by atoms with van der Waals surface area (Å²) in [5.74, 6) is 0.284. The van der Waals surface area contributed by atoms with E-state index in [1.807, 2.05) is 36.2 Å². The molecule has 29 heavy (non-hydrogen) atoms. The van der Waals surface area contributed by atoms with E-state index in [2.05, 4.69) is 12.0 Å². The molecule has 7 nitrogen and oxygen atoms in total. The Balaban J connectivity index is 2.05. The third kappa shape index (κ3) is 3.85. The summed E-state index contributed by atoms with van der Waals surface area (Å²) < 4.78 is 9.76. The van der Waals surface area contributed by atoms with Crippen molar-refractivity contribution in [2.75, 3.05) is 25.8 Å². The lowest BCUT2D eigenvalue weighted by Crippen LogP contribution is -2.47. The van der Waals surface area contributed by atoms with Crippen LogP contribution < -0.4 is 9.75 Å². The third-order valence-corrected chi connectivity index (χ3v) is 7.67. The average molecular weight is 436 g/mol. The van der Waals surface area contributed by atoms with E-state index in [0.717, 1.165) is 30.0 Å². The van der Waals surface area contributed by atoms with Crippen LogP contribution in [0.4, 0.5) is 5.69 Å². The van der Waals surface area contributed by atoms with Crippen molar-refractivity contribution in [3.05, 3.63) is 34.9 Å². The van der Waals surface area contributed by atoms with E-state index in [4.69, 9.17) is 9.47 Å². The molecule has 0 radical (unpaired) electrons. The van der Waals surface area contributed by atoms with E-state index in [-0.39, 0.29) is 11.8 Å². The third-order valence-electron chi connectivity index (χ3n) is 4.58. The van der Waals surface area contributed by atoms with Crippen LogP contribution in [0.5, 0.6) is 5.75 Å². The highest BCUT2D eigenvalue weighted by Crippen LogP contribution is 2.59. The topological polar surface area (TPSA) is 71.4 Å². The summed E-state index contributed by atoms with van der Waals surface area (Å²) >= 11 is 2.73. The normalized spacial score (nSPS) is 21.1. The van der Waals surface area contributed by atoms with Gasteiger partial charge in [-0.25, -0.2) is 9.80 Å². The lowest BCUT2D eigenvalue weighted by Gasteiger charge is -2.39. The van der Waals surface area contributed by atoms with E-state index in [1.54, 1.807) is 19.0 Å². The number of carbonyl (C=O) groups is 2. The molecule has 1 aromatic carbocycles. The van der Waals surface area contributed by atoms with Gasteiger partial charge < -0.3 is 14.4 Å². The van der Waals surface area contributed by atoms with Crippen LogP contribution >= 0.6 is 23.5 Å². The van der Waals surface area contributed by atoms with Gasteiger partial charge in [0.2, 0.25) is 4.33 Å². The van der Waals surface area contributed by atoms with Gasteiger partial charge in [-0.3, -0.25) is 4.79 Å². The molecule has 1 aromatic rings. The summed E-state index contributed by atoms with van der Waals surface area (Å²) in [6, 6.07) is 7.48. The van der Waals surface area contributed by atoms with Crippen LogP contribution in [0.3, 0.4) is 0 Å². The van der Waals surface area contributed by atoms with Gasteiger partial charge >= 0.3 is 5.97 Å². The molecule has 0 saturated carbocycles. The number of nitrogens with zero attached hydrogens (tertiary/aromatic N) is 3. The Labute approximate surface area is 179 Å². The summed E-state index contributed by atoms with van der Waals surface area (Å²) in [7, 11) is 3.55. The Morgan fingerprint density at radius 3 is 2.41 bits per heavy atom. The van der Waals surface area contributed by atoms with E-state index in [1.165, 1.54) is 30.4 Å². The first kappa shape index (κ1) is 21.6. The van der Waals surface area contributed by atoms with Crippen LogP contribution in [-0.4, -0.2) is 46.8 Å². The van der Waals surface area contributed by atoms with Crippen molar-refractivity contribution in [2.24, 2.45) is 5.10 Å². The monoisotopic (exact) mass is 435 g/mol. The zero-order valence-electron chi connectivity index (χ0n) is 17.2. The maximum Gasteiger partial charge on any atom is 0.346 e. The molecule has 0 aromatic heterocycles. The van der Waals surface area contributed by atoms with Crippen LogP contribution in [0.25, 0.3) is 0 Å². The van der Waals surface area contributed by atoms with Gasteiger partial charge in [0.05, 0.1) is 19.4 Å². The predicted molar refractivity (Wildman–Crippen MR) is 118 cm³/mol. The van der Waals surface area contributed by atoms with Crippen molar-refractivity contribution in [1.82, 2.24) is 4.90 Å². The second kappa shape index (κ2) is 8.71. The number of esters is 1. The van der Waals surface area contributed by atoms with Crippen molar-refractivity contribution < 1.29 is 19.1 Å². The van der Waals surface area contributed by atoms with E-state index in [9.17, 15) is 9.59 Å². The number of allylic oxidation sites excluding steroid dienone is 1. The van der Waals surface area contributed by atoms with Gasteiger partial charge in [-0.1, -0.05) is 25.1 Å². The maximum absolute atomic E-state index is 12.7. The average Bonchev–Trinajstić information content (AvgIpc) is 3.23. The van der Waals surface area contributed by atoms with Gasteiger partial charge in [-0.2, -0.15) is 5.10 Å². The quantitative estimate of drug-likeness (QED) is 0.595. The molecule has 0 saturated heterocycles. The van der Waals surface area contributed by atoms with Crippen LogP contribution in [0.15, 0.2) is 40.0 Å². The molecule has 3 rings (SSSR count). The Morgan fingerprint density at radius 2 is 1.86 bits per heavy atom. The molecule has 2 aliphatic heterocycles. The fourth-order valence-corrected chi connectivity index (χ4v) is 6.06. The molecule has 156 valence electrons. The molecule has 2 heterocycles. The fourth-order valence-electron chi connectivity index (χ4n) is 3.16. The number of thioether (sulfide) groups is 2. The molecular weight excluding hydrogens is 410 g/mol. The number of carbonyl (C=O) groups excluding carboxylic acids is 2. The number of ether oxygens (including phenoxy) is 2. The van der Waals surface area contributed by atoms with Crippen molar-refractivity contribution >= 4 is 46.0 Å². The first-order valence-corrected chi connectivity index (χ1v) is 11.1. The Morgan fingerprint density at radius 1 is 1.17 bits per heavy atom. The summed E-state index contributed by atoms with van der Waals surface area (Å²) in [6.07, 6.45) is 1.61. The van der Waals surface area contributed by atoms with Gasteiger partial charge in [0.15, 0.2) is 10.8 Å². The molecule has 0 N–H and O–H groups in total. The van der Waals surface area contributed by atoms with Crippen molar-refractivity contribution in [3.63, 3.8) is 0 Å². The van der Waals surface area contributed by atoms with Gasteiger partial charge in [0.25, 0.3) is 0 Å². The molecule has 0 unspecified atom stereocenters. The number of anilines is 1. The molecule has 1 spiro atoms. The first-order valence-electron chi connectivity index (χ1n) is 9.43. The van der Waals surface area contributed by atoms with E-state index < -0.39 is 4.33 Å². The number of methoxy groups -OCH3 is 1. The highest BCUT2D eigenvalue weighted by atomic mass is 32.2. The second-order valence-electron chi connectivity index (χ2n) is 6.53. The zero-order valence-corrected chi connectivity index (χ0v) is 18.9. The fraction of sp³-hybridized carbons (Fsp3) is 0.450. The molecule has 0 amide bonds. The van der Waals surface area contributed by atoms with Gasteiger partial charge in [-0.05, 0) is 49.4 Å². The van der Waals surface area contributed by atoms with Crippen LogP contribution in [0, 0.1) is 0 Å². The largest absolute Gasteiger partial charge is 0.497 e. The Hall–Kier alpha value is -2.13. The van der Waals surface area contributed by atoms with E-state index in [0.29, 0.717) is 16.6 Å². The number of Topliss-reactive ketones (excluding diaryl/α,β-unsaturated/α-hetero) is 1. The summed E-state index contributed by atoms with van der Waals surface area (Å²) in [5, 5.41) is 6.82. The number of hydrazone groups is 1. The number of hydrogen-bond acceptors (Lipinski definition) is 9. The molecule has 1 atom stereocenters. The van der Waals surface area contributed by atoms with Gasteiger partial charge in [-0.15, -0.1) is 0 Å². The molecular formula is C20H25N3O4S2. The smallest absolute Gasteiger partial charge is 0.346 e. The number of hydrogen-bond donors (Lipinski definition) is 0.